The topological polar surface area (TPSA) is 52.6 Å². The van der Waals surface area contributed by atoms with Crippen LogP contribution in [0, 0.1) is 5.92 Å². The molecule has 0 rings (SSSR count). The molecular weight excluding hydrogens is 268 g/mol. The molecule has 122 valence electrons. The highest BCUT2D eigenvalue weighted by molar-refractivity contribution is 5.68. The minimum Gasteiger partial charge on any atom is -0.421 e. The van der Waals surface area contributed by atoms with E-state index in [2.05, 4.69) is 6.92 Å². The molecule has 0 saturated heterocycles. The Hall–Kier alpha value is -1.32. The first-order chi connectivity index (χ1) is 9.88. The van der Waals surface area contributed by atoms with E-state index in [0.717, 1.165) is 18.4 Å². The van der Waals surface area contributed by atoms with Gasteiger partial charge in [0.25, 0.3) is 6.29 Å². The number of rotatable bonds is 10. The Labute approximate surface area is 128 Å². The van der Waals surface area contributed by atoms with Crippen molar-refractivity contribution in [1.29, 1.82) is 0 Å². The number of unbranched alkanes of at least 4 members (excludes halogenated alkanes) is 5. The van der Waals surface area contributed by atoms with E-state index < -0.39 is 18.2 Å². The van der Waals surface area contributed by atoms with Crippen molar-refractivity contribution in [2.24, 2.45) is 5.92 Å². The van der Waals surface area contributed by atoms with Crippen LogP contribution in [0.2, 0.25) is 0 Å². The number of hydrogen-bond donors (Lipinski definition) is 0. The summed E-state index contributed by atoms with van der Waals surface area (Å²) in [6.07, 6.45) is 8.11. The van der Waals surface area contributed by atoms with Gasteiger partial charge in [-0.1, -0.05) is 52.5 Å². The Morgan fingerprint density at radius 2 is 1.48 bits per heavy atom. The smallest absolute Gasteiger partial charge is 0.305 e. The van der Waals surface area contributed by atoms with Gasteiger partial charge in [0.05, 0.1) is 0 Å². The quantitative estimate of drug-likeness (QED) is 0.260. The molecule has 0 radical (unpaired) electrons. The zero-order valence-electron chi connectivity index (χ0n) is 14.1. The third-order valence-corrected chi connectivity index (χ3v) is 3.17. The van der Waals surface area contributed by atoms with Gasteiger partial charge in [0.15, 0.2) is 0 Å². The molecule has 4 heteroatoms. The van der Waals surface area contributed by atoms with Crippen LogP contribution in [-0.2, 0) is 19.1 Å². The molecule has 0 aromatic heterocycles. The second-order valence-electron chi connectivity index (χ2n) is 5.61. The molecule has 0 N–H and O–H groups in total. The molecule has 0 aromatic rings. The standard InChI is InChI=1S/C17H30O4/c1-6-7-8-9-10-11-12-16(13(2)3)17(20-14(4)18)21-15(5)19/h12-13,17H,6-11H2,1-5H3. The third kappa shape index (κ3) is 10.1. The lowest BCUT2D eigenvalue weighted by molar-refractivity contribution is -0.178. The van der Waals surface area contributed by atoms with Crippen LogP contribution in [-0.4, -0.2) is 18.2 Å². The normalized spacial score (nSPS) is 11.9. The van der Waals surface area contributed by atoms with Gasteiger partial charge in [-0.3, -0.25) is 9.59 Å². The fourth-order valence-electron chi connectivity index (χ4n) is 2.08. The van der Waals surface area contributed by atoms with Crippen LogP contribution >= 0.6 is 0 Å². The number of carbonyl (C=O) groups excluding carboxylic acids is 2. The van der Waals surface area contributed by atoms with Crippen LogP contribution in [0.5, 0.6) is 0 Å². The molecule has 0 unspecified atom stereocenters. The second kappa shape index (κ2) is 11.4. The molecule has 0 amide bonds. The lowest BCUT2D eigenvalue weighted by Gasteiger charge is -2.22. The maximum atomic E-state index is 11.2. The predicted octanol–water partition coefficient (Wildman–Crippen LogP) is 4.38. The van der Waals surface area contributed by atoms with Crippen LogP contribution in [0.15, 0.2) is 11.6 Å². The van der Waals surface area contributed by atoms with Crippen molar-refractivity contribution < 1.29 is 19.1 Å². The van der Waals surface area contributed by atoms with E-state index in [0.29, 0.717) is 0 Å². The fourth-order valence-corrected chi connectivity index (χ4v) is 2.08. The number of carbonyl (C=O) groups is 2. The minimum atomic E-state index is -0.893. The van der Waals surface area contributed by atoms with Gasteiger partial charge in [-0.15, -0.1) is 0 Å². The van der Waals surface area contributed by atoms with E-state index in [4.69, 9.17) is 9.47 Å². The van der Waals surface area contributed by atoms with Crippen molar-refractivity contribution in [2.75, 3.05) is 0 Å². The highest BCUT2D eigenvalue weighted by atomic mass is 16.7. The highest BCUT2D eigenvalue weighted by Crippen LogP contribution is 2.20. The maximum absolute atomic E-state index is 11.2. The molecule has 0 bridgehead atoms. The van der Waals surface area contributed by atoms with Crippen LogP contribution in [0.1, 0.15) is 73.1 Å². The summed E-state index contributed by atoms with van der Waals surface area (Å²) in [5, 5.41) is 0. The molecular formula is C17H30O4. The maximum Gasteiger partial charge on any atom is 0.305 e. The van der Waals surface area contributed by atoms with Crippen molar-refractivity contribution in [3.05, 3.63) is 11.6 Å². The summed E-state index contributed by atoms with van der Waals surface area (Å²) in [5.41, 5.74) is 0.857. The summed E-state index contributed by atoms with van der Waals surface area (Å²) in [6, 6.07) is 0. The van der Waals surface area contributed by atoms with E-state index in [1.54, 1.807) is 0 Å². The number of allylic oxidation sites excluding steroid dienone is 1. The van der Waals surface area contributed by atoms with Gasteiger partial charge in [0.2, 0.25) is 0 Å². The van der Waals surface area contributed by atoms with E-state index in [1.807, 2.05) is 19.9 Å². The van der Waals surface area contributed by atoms with Crippen LogP contribution in [0.4, 0.5) is 0 Å². The van der Waals surface area contributed by atoms with Crippen LogP contribution in [0.3, 0.4) is 0 Å². The van der Waals surface area contributed by atoms with E-state index >= 15 is 0 Å². The average Bonchev–Trinajstić information content (AvgIpc) is 2.35. The van der Waals surface area contributed by atoms with Crippen LogP contribution in [0.25, 0.3) is 0 Å². The van der Waals surface area contributed by atoms with Gasteiger partial charge in [0.1, 0.15) is 0 Å². The zero-order chi connectivity index (χ0) is 16.3. The predicted molar refractivity (Wildman–Crippen MR) is 83.6 cm³/mol. The van der Waals surface area contributed by atoms with Crippen molar-refractivity contribution in [3.63, 3.8) is 0 Å². The molecule has 0 heterocycles. The highest BCUT2D eigenvalue weighted by Gasteiger charge is 2.22. The zero-order valence-corrected chi connectivity index (χ0v) is 14.1. The summed E-state index contributed by atoms with van der Waals surface area (Å²) in [6.45, 7) is 8.84. The van der Waals surface area contributed by atoms with Gasteiger partial charge >= 0.3 is 11.9 Å². The summed E-state index contributed by atoms with van der Waals surface area (Å²) >= 11 is 0. The van der Waals surface area contributed by atoms with Gasteiger partial charge in [-0.2, -0.15) is 0 Å². The molecule has 0 aromatic carbocycles. The van der Waals surface area contributed by atoms with Gasteiger partial charge in [0, 0.05) is 19.4 Å². The summed E-state index contributed by atoms with van der Waals surface area (Å²) in [7, 11) is 0. The third-order valence-electron chi connectivity index (χ3n) is 3.17. The Bertz CT molecular complexity index is 329. The molecule has 0 fully saturated rings. The van der Waals surface area contributed by atoms with Crippen LogP contribution < -0.4 is 0 Å². The lowest BCUT2D eigenvalue weighted by atomic mass is 10.00. The molecule has 0 atom stereocenters. The van der Waals surface area contributed by atoms with Gasteiger partial charge in [-0.25, -0.2) is 0 Å². The molecule has 0 saturated carbocycles. The Morgan fingerprint density at radius 1 is 0.952 bits per heavy atom. The molecule has 0 aliphatic carbocycles. The lowest BCUT2D eigenvalue weighted by Crippen LogP contribution is -2.27. The molecule has 4 nitrogen and oxygen atoms in total. The summed E-state index contributed by atoms with van der Waals surface area (Å²) in [4.78, 5) is 22.3. The Balaban J connectivity index is 4.63. The SMILES string of the molecule is CCCCCCCC=C(C(C)C)C(OC(C)=O)OC(C)=O. The first kappa shape index (κ1) is 19.7. The van der Waals surface area contributed by atoms with Crippen molar-refractivity contribution in [3.8, 4) is 0 Å². The Morgan fingerprint density at radius 3 is 1.90 bits per heavy atom. The van der Waals surface area contributed by atoms with E-state index in [1.165, 1.54) is 39.5 Å². The summed E-state index contributed by atoms with van der Waals surface area (Å²) < 4.78 is 10.3. The van der Waals surface area contributed by atoms with Gasteiger partial charge in [-0.05, 0) is 18.8 Å². The van der Waals surface area contributed by atoms with E-state index in [9.17, 15) is 9.59 Å². The monoisotopic (exact) mass is 298 g/mol. The first-order valence-corrected chi connectivity index (χ1v) is 7.92. The number of hydrogen-bond acceptors (Lipinski definition) is 4. The van der Waals surface area contributed by atoms with Crippen molar-refractivity contribution >= 4 is 11.9 Å². The summed E-state index contributed by atoms with van der Waals surface area (Å²) in [5.74, 6) is -0.740. The average molecular weight is 298 g/mol. The van der Waals surface area contributed by atoms with Crippen molar-refractivity contribution in [2.45, 2.75) is 79.4 Å². The van der Waals surface area contributed by atoms with E-state index in [-0.39, 0.29) is 5.92 Å². The minimum absolute atomic E-state index is 0.157. The number of ether oxygens (including phenoxy) is 2. The second-order valence-corrected chi connectivity index (χ2v) is 5.61. The largest absolute Gasteiger partial charge is 0.421 e. The number of esters is 2. The first-order valence-electron chi connectivity index (χ1n) is 7.92. The van der Waals surface area contributed by atoms with Crippen molar-refractivity contribution in [1.82, 2.24) is 0 Å². The molecule has 0 spiro atoms. The fraction of sp³-hybridized carbons (Fsp3) is 0.765. The molecule has 0 aliphatic rings. The molecule has 0 aliphatic heterocycles. The molecule has 21 heavy (non-hydrogen) atoms. The van der Waals surface area contributed by atoms with Gasteiger partial charge < -0.3 is 9.47 Å². The Kier molecular flexibility index (Phi) is 10.6.